The number of fused-ring (bicyclic) bond motifs is 1. The molecule has 7 heteroatoms. The van der Waals surface area contributed by atoms with E-state index in [1.165, 1.54) is 25.1 Å². The summed E-state index contributed by atoms with van der Waals surface area (Å²) < 4.78 is 5.06. The highest BCUT2D eigenvalue weighted by atomic mass is 32.2. The number of carbonyl (C=O) groups excluding carboxylic acids is 1. The van der Waals surface area contributed by atoms with Gasteiger partial charge in [0.1, 0.15) is 5.57 Å². The van der Waals surface area contributed by atoms with E-state index in [0.29, 0.717) is 10.9 Å². The third kappa shape index (κ3) is 2.55. The number of hydrogen-bond acceptors (Lipinski definition) is 6. The van der Waals surface area contributed by atoms with Gasteiger partial charge in [0.15, 0.2) is 5.82 Å². The molecule has 0 saturated carbocycles. The van der Waals surface area contributed by atoms with Gasteiger partial charge in [-0.15, -0.1) is 0 Å². The Morgan fingerprint density at radius 2 is 2.14 bits per heavy atom. The van der Waals surface area contributed by atoms with Crippen LogP contribution in [0.2, 0.25) is 0 Å². The van der Waals surface area contributed by atoms with Gasteiger partial charge in [0.05, 0.1) is 17.8 Å². The monoisotopic (exact) mass is 300 g/mol. The molecule has 0 atom stereocenters. The van der Waals surface area contributed by atoms with Gasteiger partial charge in [-0.25, -0.2) is 4.98 Å². The van der Waals surface area contributed by atoms with Gasteiger partial charge in [-0.3, -0.25) is 4.79 Å². The summed E-state index contributed by atoms with van der Waals surface area (Å²) in [7, 11) is 1.50. The Bertz CT molecular complexity index is 718. The molecule has 0 radical (unpaired) electrons. The number of thioether (sulfide) groups is 1. The van der Waals surface area contributed by atoms with Crippen LogP contribution in [0, 0.1) is 0 Å². The summed E-state index contributed by atoms with van der Waals surface area (Å²) in [5.74, 6) is 0.0237. The molecule has 1 aromatic carbocycles. The van der Waals surface area contributed by atoms with Crippen LogP contribution < -0.4 is 15.8 Å². The largest absolute Gasteiger partial charge is 0.481 e. The smallest absolute Gasteiger partial charge is 0.255 e. The maximum atomic E-state index is 11.8. The average molecular weight is 300 g/mol. The van der Waals surface area contributed by atoms with E-state index >= 15 is 0 Å². The first-order valence-electron chi connectivity index (χ1n) is 6.14. The van der Waals surface area contributed by atoms with Crippen molar-refractivity contribution in [3.05, 3.63) is 47.4 Å². The number of methoxy groups -OCH3 is 1. The van der Waals surface area contributed by atoms with E-state index in [1.807, 2.05) is 24.3 Å². The lowest BCUT2D eigenvalue weighted by Gasteiger charge is -2.07. The zero-order chi connectivity index (χ0) is 14.8. The molecule has 0 spiro atoms. The molecule has 1 aliphatic heterocycles. The van der Waals surface area contributed by atoms with Gasteiger partial charge in [-0.1, -0.05) is 23.9 Å². The van der Waals surface area contributed by atoms with Crippen molar-refractivity contribution in [3.8, 4) is 5.88 Å². The van der Waals surface area contributed by atoms with E-state index in [-0.39, 0.29) is 11.4 Å². The Labute approximate surface area is 125 Å². The maximum absolute atomic E-state index is 11.8. The molecule has 1 aliphatic rings. The number of nitrogens with zero attached hydrogens (tertiary/aromatic N) is 2. The number of ether oxygens (including phenoxy) is 1. The van der Waals surface area contributed by atoms with Crippen molar-refractivity contribution in [2.24, 2.45) is 5.73 Å². The molecule has 0 saturated heterocycles. The minimum atomic E-state index is -0.592. The fourth-order valence-corrected chi connectivity index (χ4v) is 2.98. The van der Waals surface area contributed by atoms with Crippen molar-refractivity contribution >= 4 is 28.9 Å². The third-order valence-corrected chi connectivity index (χ3v) is 3.97. The van der Waals surface area contributed by atoms with Gasteiger partial charge >= 0.3 is 0 Å². The molecule has 106 valence electrons. The lowest BCUT2D eigenvalue weighted by atomic mass is 10.2. The summed E-state index contributed by atoms with van der Waals surface area (Å²) in [6.07, 6.45) is 1.53. The second-order valence-corrected chi connectivity index (χ2v) is 5.27. The van der Waals surface area contributed by atoms with Gasteiger partial charge in [0, 0.05) is 17.2 Å². The first-order chi connectivity index (χ1) is 10.2. The van der Waals surface area contributed by atoms with Crippen molar-refractivity contribution in [2.45, 2.75) is 4.90 Å². The molecule has 3 rings (SSSR count). The first-order valence-corrected chi connectivity index (χ1v) is 6.96. The summed E-state index contributed by atoms with van der Waals surface area (Å²) in [6, 6.07) is 9.35. The number of rotatable bonds is 3. The predicted molar refractivity (Wildman–Crippen MR) is 80.6 cm³/mol. The van der Waals surface area contributed by atoms with Gasteiger partial charge < -0.3 is 15.8 Å². The maximum Gasteiger partial charge on any atom is 0.255 e. The lowest BCUT2D eigenvalue weighted by Crippen LogP contribution is -2.17. The van der Waals surface area contributed by atoms with Crippen molar-refractivity contribution in [3.63, 3.8) is 0 Å². The number of amides is 1. The van der Waals surface area contributed by atoms with Crippen LogP contribution in [0.3, 0.4) is 0 Å². The molecule has 6 nitrogen and oxygen atoms in total. The van der Waals surface area contributed by atoms with Crippen LogP contribution in [0.5, 0.6) is 5.88 Å². The Morgan fingerprint density at radius 3 is 2.86 bits per heavy atom. The number of nitrogens with two attached hydrogens (primary N) is 1. The molecular weight excluding hydrogens is 288 g/mol. The Kier molecular flexibility index (Phi) is 3.49. The summed E-state index contributed by atoms with van der Waals surface area (Å²) >= 11 is 1.43. The lowest BCUT2D eigenvalue weighted by molar-refractivity contribution is -0.112. The third-order valence-electron chi connectivity index (χ3n) is 2.88. The van der Waals surface area contributed by atoms with Crippen LogP contribution >= 0.6 is 11.8 Å². The topological polar surface area (TPSA) is 90.1 Å². The molecule has 0 unspecified atom stereocenters. The number of para-hydroxylation sites is 1. The minimum Gasteiger partial charge on any atom is -0.481 e. The molecule has 1 amide bonds. The second kappa shape index (κ2) is 5.45. The molecular formula is C14H12N4O2S. The molecule has 3 N–H and O–H groups in total. The average Bonchev–Trinajstić information content (AvgIpc) is 2.90. The normalized spacial score (nSPS) is 15.1. The molecule has 0 bridgehead atoms. The standard InChI is InChI=1S/C14H12N4O2S/c1-20-10-6-7-16-13(18-10)11(12(15)19)14-17-8-4-2-3-5-9(8)21-14/h2-7,17H,1H3,(H2,15,19)/b14-11-. The van der Waals surface area contributed by atoms with Gasteiger partial charge in [0.2, 0.25) is 5.88 Å². The second-order valence-electron chi connectivity index (χ2n) is 4.21. The molecule has 2 aromatic rings. The fraction of sp³-hybridized carbons (Fsp3) is 0.0714. The predicted octanol–water partition coefficient (Wildman–Crippen LogP) is 1.86. The van der Waals surface area contributed by atoms with Gasteiger partial charge in [0.25, 0.3) is 5.91 Å². The Morgan fingerprint density at radius 1 is 1.33 bits per heavy atom. The summed E-state index contributed by atoms with van der Waals surface area (Å²) in [5.41, 5.74) is 6.68. The zero-order valence-electron chi connectivity index (χ0n) is 11.2. The van der Waals surface area contributed by atoms with Crippen molar-refractivity contribution < 1.29 is 9.53 Å². The highest BCUT2D eigenvalue weighted by Crippen LogP contribution is 2.43. The van der Waals surface area contributed by atoms with Crippen LogP contribution in [-0.2, 0) is 4.79 Å². The van der Waals surface area contributed by atoms with Crippen LogP contribution in [0.25, 0.3) is 5.57 Å². The number of anilines is 1. The first kappa shape index (κ1) is 13.4. The number of benzene rings is 1. The van der Waals surface area contributed by atoms with E-state index in [4.69, 9.17) is 10.5 Å². The summed E-state index contributed by atoms with van der Waals surface area (Å²) in [6.45, 7) is 0. The number of hydrogen-bond donors (Lipinski definition) is 2. The van der Waals surface area contributed by atoms with Gasteiger partial charge in [-0.05, 0) is 12.1 Å². The number of nitrogens with one attached hydrogen (secondary N) is 1. The number of carbonyl (C=O) groups is 1. The van der Waals surface area contributed by atoms with Crippen molar-refractivity contribution in [2.75, 3.05) is 12.4 Å². The molecule has 2 heterocycles. The van der Waals surface area contributed by atoms with E-state index in [9.17, 15) is 4.79 Å². The van der Waals surface area contributed by atoms with E-state index in [2.05, 4.69) is 15.3 Å². The van der Waals surface area contributed by atoms with E-state index in [0.717, 1.165) is 10.6 Å². The van der Waals surface area contributed by atoms with E-state index in [1.54, 1.807) is 6.07 Å². The van der Waals surface area contributed by atoms with Crippen LogP contribution in [-0.4, -0.2) is 23.0 Å². The van der Waals surface area contributed by atoms with Crippen molar-refractivity contribution in [1.82, 2.24) is 9.97 Å². The highest BCUT2D eigenvalue weighted by Gasteiger charge is 2.24. The Hall–Kier alpha value is -2.54. The fourth-order valence-electron chi connectivity index (χ4n) is 1.93. The molecule has 0 aliphatic carbocycles. The molecule has 21 heavy (non-hydrogen) atoms. The SMILES string of the molecule is COc1ccnc(/C(C(N)=O)=C2/Nc3ccccc3S2)n1. The summed E-state index contributed by atoms with van der Waals surface area (Å²) in [4.78, 5) is 21.1. The molecule has 1 aromatic heterocycles. The highest BCUT2D eigenvalue weighted by molar-refractivity contribution is 8.04. The van der Waals surface area contributed by atoms with Crippen LogP contribution in [0.1, 0.15) is 5.82 Å². The van der Waals surface area contributed by atoms with Crippen molar-refractivity contribution in [1.29, 1.82) is 0 Å². The minimum absolute atomic E-state index is 0.240. The molecule has 0 fully saturated rings. The Balaban J connectivity index is 2.07. The van der Waals surface area contributed by atoms with E-state index < -0.39 is 5.91 Å². The number of aromatic nitrogens is 2. The van der Waals surface area contributed by atoms with Crippen LogP contribution in [0.15, 0.2) is 46.5 Å². The zero-order valence-corrected chi connectivity index (χ0v) is 12.0. The quantitative estimate of drug-likeness (QED) is 0.841. The van der Waals surface area contributed by atoms with Gasteiger partial charge in [-0.2, -0.15) is 4.98 Å². The number of primary amides is 1. The van der Waals surface area contributed by atoms with Crippen LogP contribution in [0.4, 0.5) is 5.69 Å². The summed E-state index contributed by atoms with van der Waals surface area (Å²) in [5, 5.41) is 3.79.